The van der Waals surface area contributed by atoms with Gasteiger partial charge in [0.15, 0.2) is 17.4 Å². The molecule has 1 aromatic heterocycles. The van der Waals surface area contributed by atoms with Crippen molar-refractivity contribution in [1.82, 2.24) is 9.78 Å². The molecule has 2 aromatic carbocycles. The van der Waals surface area contributed by atoms with Crippen LogP contribution < -0.4 is 9.64 Å². The lowest BCUT2D eigenvalue weighted by Crippen LogP contribution is -2.31. The maximum Gasteiger partial charge on any atom is 0.295 e. The second-order valence-corrected chi connectivity index (χ2v) is 8.51. The number of halogens is 1. The van der Waals surface area contributed by atoms with Gasteiger partial charge in [-0.2, -0.15) is 5.10 Å². The topological polar surface area (TPSA) is 84.7 Å². The SMILES string of the molecule is COc1ccc([C@H]2C(C(C)=O)=C(O)C(=O)N2c2nn(Cc3cccc(C)c3)cc2Br)cc1. The van der Waals surface area contributed by atoms with E-state index in [1.54, 1.807) is 42.3 Å². The number of aryl methyl sites for hydroxylation is 1. The van der Waals surface area contributed by atoms with Crippen molar-refractivity contribution in [2.24, 2.45) is 0 Å². The van der Waals surface area contributed by atoms with Crippen molar-refractivity contribution in [3.63, 3.8) is 0 Å². The van der Waals surface area contributed by atoms with Crippen LogP contribution in [0.4, 0.5) is 5.82 Å². The van der Waals surface area contributed by atoms with Gasteiger partial charge in [-0.25, -0.2) is 0 Å². The third kappa shape index (κ3) is 3.93. The van der Waals surface area contributed by atoms with E-state index in [2.05, 4.69) is 27.1 Å². The van der Waals surface area contributed by atoms with Gasteiger partial charge in [0.2, 0.25) is 0 Å². The fourth-order valence-electron chi connectivity index (χ4n) is 3.91. The maximum absolute atomic E-state index is 13.1. The fourth-order valence-corrected chi connectivity index (χ4v) is 4.42. The van der Waals surface area contributed by atoms with E-state index in [0.717, 1.165) is 11.1 Å². The van der Waals surface area contributed by atoms with Crippen LogP contribution in [0.15, 0.2) is 70.5 Å². The highest BCUT2D eigenvalue weighted by Gasteiger charge is 2.45. The Labute approximate surface area is 194 Å². The van der Waals surface area contributed by atoms with E-state index in [9.17, 15) is 14.7 Å². The first-order chi connectivity index (χ1) is 15.3. The molecular formula is C24H22BrN3O4. The largest absolute Gasteiger partial charge is 0.503 e. The molecule has 0 saturated heterocycles. The predicted octanol–water partition coefficient (Wildman–Crippen LogP) is 4.50. The van der Waals surface area contributed by atoms with Gasteiger partial charge in [0.1, 0.15) is 5.75 Å². The summed E-state index contributed by atoms with van der Waals surface area (Å²) in [6.45, 7) is 3.87. The van der Waals surface area contributed by atoms with Crippen LogP contribution in [0, 0.1) is 6.92 Å². The Morgan fingerprint density at radius 2 is 1.94 bits per heavy atom. The molecule has 164 valence electrons. The number of carbonyl (C=O) groups excluding carboxylic acids is 2. The number of aromatic nitrogens is 2. The van der Waals surface area contributed by atoms with E-state index in [0.29, 0.717) is 28.1 Å². The number of aliphatic hydroxyl groups is 1. The summed E-state index contributed by atoms with van der Waals surface area (Å²) in [5.41, 5.74) is 2.91. The van der Waals surface area contributed by atoms with Gasteiger partial charge in [-0.15, -0.1) is 0 Å². The molecule has 1 N–H and O–H groups in total. The number of ether oxygens (including phenoxy) is 1. The summed E-state index contributed by atoms with van der Waals surface area (Å²) in [6.07, 6.45) is 1.78. The molecule has 0 fully saturated rings. The molecule has 1 amide bonds. The van der Waals surface area contributed by atoms with Crippen LogP contribution >= 0.6 is 15.9 Å². The van der Waals surface area contributed by atoms with Crippen LogP contribution in [0.1, 0.15) is 29.7 Å². The molecule has 32 heavy (non-hydrogen) atoms. The molecule has 0 radical (unpaired) electrons. The highest BCUT2D eigenvalue weighted by Crippen LogP contribution is 2.42. The van der Waals surface area contributed by atoms with Crippen LogP contribution in [0.2, 0.25) is 0 Å². The van der Waals surface area contributed by atoms with E-state index >= 15 is 0 Å². The summed E-state index contributed by atoms with van der Waals surface area (Å²) < 4.78 is 7.51. The van der Waals surface area contributed by atoms with Crippen LogP contribution in [-0.2, 0) is 16.1 Å². The lowest BCUT2D eigenvalue weighted by atomic mass is 9.96. The molecule has 0 aliphatic carbocycles. The maximum atomic E-state index is 13.1. The minimum absolute atomic E-state index is 0.0419. The number of hydrogen-bond donors (Lipinski definition) is 1. The van der Waals surface area contributed by atoms with E-state index in [1.807, 2.05) is 25.1 Å². The summed E-state index contributed by atoms with van der Waals surface area (Å²) in [7, 11) is 1.56. The second kappa shape index (κ2) is 8.63. The van der Waals surface area contributed by atoms with Crippen LogP contribution in [0.3, 0.4) is 0 Å². The average molecular weight is 496 g/mol. The summed E-state index contributed by atoms with van der Waals surface area (Å²) in [4.78, 5) is 26.8. The molecule has 4 rings (SSSR count). The zero-order chi connectivity index (χ0) is 23.0. The Morgan fingerprint density at radius 3 is 2.56 bits per heavy atom. The van der Waals surface area contributed by atoms with Gasteiger partial charge in [0, 0.05) is 6.20 Å². The third-order valence-electron chi connectivity index (χ3n) is 5.37. The fraction of sp³-hybridized carbons (Fsp3) is 0.208. The van der Waals surface area contributed by atoms with Gasteiger partial charge in [-0.1, -0.05) is 42.0 Å². The van der Waals surface area contributed by atoms with Gasteiger partial charge >= 0.3 is 0 Å². The molecule has 1 aliphatic heterocycles. The van der Waals surface area contributed by atoms with Crippen LogP contribution in [0.5, 0.6) is 5.75 Å². The Balaban J connectivity index is 1.76. The molecule has 7 nitrogen and oxygen atoms in total. The highest BCUT2D eigenvalue weighted by atomic mass is 79.9. The van der Waals surface area contributed by atoms with Crippen molar-refractivity contribution in [3.05, 3.63) is 87.2 Å². The molecule has 0 unspecified atom stereocenters. The number of rotatable bonds is 6. The Morgan fingerprint density at radius 1 is 1.22 bits per heavy atom. The number of ketones is 1. The number of Topliss-reactive ketones (excluding diaryl/α,β-unsaturated/α-hetero) is 1. The number of carbonyl (C=O) groups is 2. The first-order valence-corrected chi connectivity index (χ1v) is 10.8. The summed E-state index contributed by atoms with van der Waals surface area (Å²) in [6, 6.07) is 14.3. The third-order valence-corrected chi connectivity index (χ3v) is 5.93. The Hall–Kier alpha value is -3.39. The number of nitrogens with zero attached hydrogens (tertiary/aromatic N) is 3. The van der Waals surface area contributed by atoms with E-state index < -0.39 is 17.7 Å². The monoisotopic (exact) mass is 495 g/mol. The Bertz CT molecular complexity index is 1230. The minimum atomic E-state index is -0.801. The summed E-state index contributed by atoms with van der Waals surface area (Å²) in [5, 5.41) is 15.2. The van der Waals surface area contributed by atoms with Crippen molar-refractivity contribution in [3.8, 4) is 5.75 Å². The number of benzene rings is 2. The van der Waals surface area contributed by atoms with Crippen molar-refractivity contribution in [1.29, 1.82) is 0 Å². The van der Waals surface area contributed by atoms with E-state index in [-0.39, 0.29) is 11.4 Å². The number of methoxy groups -OCH3 is 1. The van der Waals surface area contributed by atoms with Crippen LogP contribution in [-0.4, -0.2) is 33.7 Å². The standard InChI is InChI=1S/C24H22BrN3O4/c1-14-5-4-6-16(11-14)12-27-13-19(25)23(26-27)28-21(17-7-9-18(32-3)10-8-17)20(15(2)29)22(30)24(28)31/h4-11,13,21,30H,12H2,1-3H3/t21-/m0/s1. The minimum Gasteiger partial charge on any atom is -0.503 e. The lowest BCUT2D eigenvalue weighted by molar-refractivity contribution is -0.117. The smallest absolute Gasteiger partial charge is 0.295 e. The number of aliphatic hydroxyl groups excluding tert-OH is 1. The van der Waals surface area contributed by atoms with Crippen LogP contribution in [0.25, 0.3) is 0 Å². The first kappa shape index (κ1) is 21.8. The summed E-state index contributed by atoms with van der Waals surface area (Å²) >= 11 is 3.50. The zero-order valence-electron chi connectivity index (χ0n) is 17.9. The molecule has 2 heterocycles. The number of anilines is 1. The molecule has 0 saturated carbocycles. The van der Waals surface area contributed by atoms with Gasteiger partial charge in [-0.3, -0.25) is 19.2 Å². The molecule has 0 spiro atoms. The normalized spacial score (nSPS) is 16.1. The second-order valence-electron chi connectivity index (χ2n) is 7.66. The first-order valence-electron chi connectivity index (χ1n) is 10.00. The lowest BCUT2D eigenvalue weighted by Gasteiger charge is -2.25. The summed E-state index contributed by atoms with van der Waals surface area (Å²) in [5.74, 6) is -0.637. The van der Waals surface area contributed by atoms with Crippen molar-refractivity contribution in [2.45, 2.75) is 26.4 Å². The predicted molar refractivity (Wildman–Crippen MR) is 124 cm³/mol. The van der Waals surface area contributed by atoms with Gasteiger partial charge in [-0.05, 0) is 53.0 Å². The average Bonchev–Trinajstić information content (AvgIpc) is 3.24. The molecule has 8 heteroatoms. The van der Waals surface area contributed by atoms with E-state index in [4.69, 9.17) is 4.74 Å². The zero-order valence-corrected chi connectivity index (χ0v) is 19.5. The Kier molecular flexibility index (Phi) is 5.88. The van der Waals surface area contributed by atoms with Gasteiger partial charge < -0.3 is 9.84 Å². The van der Waals surface area contributed by atoms with Crippen molar-refractivity contribution >= 4 is 33.4 Å². The van der Waals surface area contributed by atoms with Crippen molar-refractivity contribution in [2.75, 3.05) is 12.0 Å². The molecule has 1 aliphatic rings. The quantitative estimate of drug-likeness (QED) is 0.544. The number of amides is 1. The number of hydrogen-bond acceptors (Lipinski definition) is 5. The molecular weight excluding hydrogens is 474 g/mol. The molecule has 1 atom stereocenters. The van der Waals surface area contributed by atoms with Gasteiger partial charge in [0.25, 0.3) is 5.91 Å². The molecule has 0 bridgehead atoms. The molecule has 3 aromatic rings. The van der Waals surface area contributed by atoms with E-state index in [1.165, 1.54) is 11.8 Å². The van der Waals surface area contributed by atoms with Crippen molar-refractivity contribution < 1.29 is 19.4 Å². The van der Waals surface area contributed by atoms with Gasteiger partial charge in [0.05, 0.1) is 29.7 Å². The highest BCUT2D eigenvalue weighted by molar-refractivity contribution is 9.10.